The summed E-state index contributed by atoms with van der Waals surface area (Å²) in [5, 5.41) is 2.25. The van der Waals surface area contributed by atoms with Crippen molar-refractivity contribution in [2.24, 2.45) is 5.92 Å². The van der Waals surface area contributed by atoms with Crippen LogP contribution >= 0.6 is 0 Å². The van der Waals surface area contributed by atoms with Crippen LogP contribution in [0.4, 0.5) is 10.5 Å². The minimum absolute atomic E-state index is 0.140. The third kappa shape index (κ3) is 3.05. The second-order valence-electron chi connectivity index (χ2n) is 6.11. The number of rotatable bonds is 4. The second-order valence-corrected chi connectivity index (χ2v) is 6.11. The summed E-state index contributed by atoms with van der Waals surface area (Å²) < 4.78 is 15.7. The van der Waals surface area contributed by atoms with Gasteiger partial charge in [0.25, 0.3) is 0 Å². The molecule has 4 rings (SSSR count). The first kappa shape index (κ1) is 16.9. The predicted molar refractivity (Wildman–Crippen MR) is 93.8 cm³/mol. The number of imide groups is 2. The van der Waals surface area contributed by atoms with E-state index in [1.165, 1.54) is 7.11 Å². The van der Waals surface area contributed by atoms with Crippen molar-refractivity contribution in [3.63, 3.8) is 0 Å². The zero-order chi connectivity index (χ0) is 19.0. The van der Waals surface area contributed by atoms with Gasteiger partial charge in [0.05, 0.1) is 12.8 Å². The van der Waals surface area contributed by atoms with Gasteiger partial charge in [0.2, 0.25) is 18.6 Å². The summed E-state index contributed by atoms with van der Waals surface area (Å²) in [6, 6.07) is 10.9. The van der Waals surface area contributed by atoms with Crippen LogP contribution in [0.25, 0.3) is 0 Å². The summed E-state index contributed by atoms with van der Waals surface area (Å²) in [5.41, 5.74) is 1.10. The van der Waals surface area contributed by atoms with Crippen LogP contribution in [0.5, 0.6) is 17.2 Å². The van der Waals surface area contributed by atoms with Crippen molar-refractivity contribution in [3.8, 4) is 17.2 Å². The fourth-order valence-corrected chi connectivity index (χ4v) is 3.08. The summed E-state index contributed by atoms with van der Waals surface area (Å²) in [7, 11) is 1.52. The van der Waals surface area contributed by atoms with E-state index >= 15 is 0 Å². The van der Waals surface area contributed by atoms with E-state index in [0.717, 1.165) is 10.5 Å². The Kier molecular flexibility index (Phi) is 4.15. The molecule has 0 saturated carbocycles. The van der Waals surface area contributed by atoms with Crippen LogP contribution < -0.4 is 24.4 Å². The van der Waals surface area contributed by atoms with Crippen LogP contribution in [0, 0.1) is 5.92 Å². The van der Waals surface area contributed by atoms with Crippen molar-refractivity contribution in [1.82, 2.24) is 5.32 Å². The second kappa shape index (κ2) is 6.64. The topological polar surface area (TPSA) is 94.2 Å². The highest BCUT2D eigenvalue weighted by molar-refractivity contribution is 6.27. The van der Waals surface area contributed by atoms with E-state index in [0.29, 0.717) is 22.9 Å². The molecule has 138 valence electrons. The zero-order valence-corrected chi connectivity index (χ0v) is 14.4. The lowest BCUT2D eigenvalue weighted by Crippen LogP contribution is -2.58. The van der Waals surface area contributed by atoms with Gasteiger partial charge in [0, 0.05) is 0 Å². The van der Waals surface area contributed by atoms with E-state index < -0.39 is 23.8 Å². The molecule has 0 spiro atoms. The Balaban J connectivity index is 1.59. The molecular formula is C19H16N2O6. The van der Waals surface area contributed by atoms with Crippen LogP contribution in [0.3, 0.4) is 0 Å². The number of urea groups is 1. The summed E-state index contributed by atoms with van der Waals surface area (Å²) in [5.74, 6) is -0.437. The Morgan fingerprint density at radius 2 is 1.81 bits per heavy atom. The quantitative estimate of drug-likeness (QED) is 0.828. The number of hydrogen-bond acceptors (Lipinski definition) is 6. The number of carbonyl (C=O) groups is 3. The molecule has 2 aromatic rings. The molecule has 2 heterocycles. The van der Waals surface area contributed by atoms with Crippen LogP contribution in [0.15, 0.2) is 42.5 Å². The lowest BCUT2D eigenvalue weighted by molar-refractivity contribution is -0.134. The maximum absolute atomic E-state index is 12.9. The number of fused-ring (bicyclic) bond motifs is 1. The molecule has 0 aromatic heterocycles. The molecule has 1 saturated heterocycles. The SMILES string of the molecule is COc1ccc(N2C(=O)NC(=O)C(Cc3ccc4c(c3)OCO4)C2=O)cc1. The first-order chi connectivity index (χ1) is 13.1. The fraction of sp³-hybridized carbons (Fsp3) is 0.211. The van der Waals surface area contributed by atoms with Gasteiger partial charge >= 0.3 is 6.03 Å². The highest BCUT2D eigenvalue weighted by Gasteiger charge is 2.41. The minimum atomic E-state index is -1.02. The molecule has 8 nitrogen and oxygen atoms in total. The Morgan fingerprint density at radius 3 is 2.56 bits per heavy atom. The first-order valence-corrected chi connectivity index (χ1v) is 8.28. The largest absolute Gasteiger partial charge is 0.497 e. The maximum atomic E-state index is 12.9. The summed E-state index contributed by atoms with van der Waals surface area (Å²) in [6.45, 7) is 0.140. The van der Waals surface area contributed by atoms with E-state index in [1.54, 1.807) is 42.5 Å². The van der Waals surface area contributed by atoms with Crippen molar-refractivity contribution in [3.05, 3.63) is 48.0 Å². The Labute approximate surface area is 154 Å². The van der Waals surface area contributed by atoms with E-state index in [-0.39, 0.29) is 13.2 Å². The molecule has 2 aromatic carbocycles. The average molecular weight is 368 g/mol. The van der Waals surface area contributed by atoms with Gasteiger partial charge in [-0.2, -0.15) is 0 Å². The average Bonchev–Trinajstić information content (AvgIpc) is 3.13. The van der Waals surface area contributed by atoms with E-state index in [2.05, 4.69) is 5.32 Å². The van der Waals surface area contributed by atoms with Crippen molar-refractivity contribution in [2.75, 3.05) is 18.8 Å². The first-order valence-electron chi connectivity index (χ1n) is 8.28. The number of ether oxygens (including phenoxy) is 3. The molecular weight excluding hydrogens is 352 g/mol. The van der Waals surface area contributed by atoms with E-state index in [9.17, 15) is 14.4 Å². The number of benzene rings is 2. The summed E-state index contributed by atoms with van der Waals surface area (Å²) in [6.07, 6.45) is 0.140. The van der Waals surface area contributed by atoms with Crippen molar-refractivity contribution in [2.45, 2.75) is 6.42 Å². The highest BCUT2D eigenvalue weighted by atomic mass is 16.7. The maximum Gasteiger partial charge on any atom is 0.335 e. The van der Waals surface area contributed by atoms with Gasteiger partial charge in [-0.05, 0) is 48.4 Å². The number of nitrogens with one attached hydrogen (secondary N) is 1. The molecule has 0 radical (unpaired) electrons. The molecule has 27 heavy (non-hydrogen) atoms. The molecule has 1 fully saturated rings. The summed E-state index contributed by atoms with van der Waals surface area (Å²) >= 11 is 0. The van der Waals surface area contributed by atoms with E-state index in [4.69, 9.17) is 14.2 Å². The van der Waals surface area contributed by atoms with Gasteiger partial charge in [-0.1, -0.05) is 6.07 Å². The molecule has 2 aliphatic rings. The molecule has 1 N–H and O–H groups in total. The van der Waals surface area contributed by atoms with Crippen molar-refractivity contribution < 1.29 is 28.6 Å². The normalized spacial score (nSPS) is 18.5. The van der Waals surface area contributed by atoms with Gasteiger partial charge in [-0.3, -0.25) is 14.9 Å². The number of barbiturate groups is 1. The fourth-order valence-electron chi connectivity index (χ4n) is 3.08. The molecule has 1 atom stereocenters. The lowest BCUT2D eigenvalue weighted by atomic mass is 9.95. The Hall–Kier alpha value is -3.55. The van der Waals surface area contributed by atoms with Crippen LogP contribution in [-0.4, -0.2) is 31.7 Å². The highest BCUT2D eigenvalue weighted by Crippen LogP contribution is 2.33. The number of hydrogen-bond donors (Lipinski definition) is 1. The van der Waals surface area contributed by atoms with Gasteiger partial charge in [0.15, 0.2) is 11.5 Å². The number of methoxy groups -OCH3 is 1. The smallest absolute Gasteiger partial charge is 0.335 e. The molecule has 0 aliphatic carbocycles. The number of amides is 4. The molecule has 8 heteroatoms. The zero-order valence-electron chi connectivity index (χ0n) is 14.4. The minimum Gasteiger partial charge on any atom is -0.497 e. The van der Waals surface area contributed by atoms with Gasteiger partial charge in [-0.15, -0.1) is 0 Å². The molecule has 2 aliphatic heterocycles. The van der Waals surface area contributed by atoms with Crippen molar-refractivity contribution >= 4 is 23.5 Å². The Morgan fingerprint density at radius 1 is 1.07 bits per heavy atom. The predicted octanol–water partition coefficient (Wildman–Crippen LogP) is 1.87. The lowest BCUT2D eigenvalue weighted by Gasteiger charge is -2.30. The Bertz CT molecular complexity index is 924. The van der Waals surface area contributed by atoms with Gasteiger partial charge in [-0.25, -0.2) is 9.69 Å². The molecule has 1 unspecified atom stereocenters. The van der Waals surface area contributed by atoms with Crippen LogP contribution in [0.2, 0.25) is 0 Å². The molecule has 0 bridgehead atoms. The van der Waals surface area contributed by atoms with Crippen molar-refractivity contribution in [1.29, 1.82) is 0 Å². The number of carbonyl (C=O) groups excluding carboxylic acids is 3. The van der Waals surface area contributed by atoms with Gasteiger partial charge in [0.1, 0.15) is 11.7 Å². The number of nitrogens with zero attached hydrogens (tertiary/aromatic N) is 1. The third-order valence-electron chi connectivity index (χ3n) is 4.48. The third-order valence-corrected chi connectivity index (χ3v) is 4.48. The molecule has 4 amide bonds. The van der Waals surface area contributed by atoms with E-state index in [1.807, 2.05) is 0 Å². The van der Waals surface area contributed by atoms with Crippen LogP contribution in [-0.2, 0) is 16.0 Å². The van der Waals surface area contributed by atoms with Crippen LogP contribution in [0.1, 0.15) is 5.56 Å². The monoisotopic (exact) mass is 368 g/mol. The standard InChI is InChI=1S/C19H16N2O6/c1-25-13-5-3-12(4-6-13)21-18(23)14(17(22)20-19(21)24)8-11-2-7-15-16(9-11)27-10-26-15/h2-7,9,14H,8,10H2,1H3,(H,20,22,24). The van der Waals surface area contributed by atoms with Gasteiger partial charge < -0.3 is 14.2 Å². The summed E-state index contributed by atoms with van der Waals surface area (Å²) in [4.78, 5) is 38.4. The number of anilines is 1.